The van der Waals surface area contributed by atoms with E-state index >= 15 is 0 Å². The van der Waals surface area contributed by atoms with Gasteiger partial charge in [-0.1, -0.05) is 18.2 Å². The van der Waals surface area contributed by atoms with E-state index in [-0.39, 0.29) is 5.56 Å². The maximum atomic E-state index is 11.0. The van der Waals surface area contributed by atoms with Crippen LogP contribution >= 0.6 is 0 Å². The van der Waals surface area contributed by atoms with Crippen molar-refractivity contribution in [1.29, 1.82) is 0 Å². The van der Waals surface area contributed by atoms with Gasteiger partial charge in [0.05, 0.1) is 12.7 Å². The lowest BCUT2D eigenvalue weighted by atomic mass is 10.0. The Morgan fingerprint density at radius 3 is 2.33 bits per heavy atom. The van der Waals surface area contributed by atoms with Crippen molar-refractivity contribution in [3.05, 3.63) is 58.7 Å². The van der Waals surface area contributed by atoms with E-state index in [1.54, 1.807) is 6.07 Å². The van der Waals surface area contributed by atoms with Crippen molar-refractivity contribution < 1.29 is 19.4 Å². The molecule has 4 nitrogen and oxygen atoms in total. The van der Waals surface area contributed by atoms with Crippen LogP contribution in [0, 0.1) is 13.8 Å². The lowest BCUT2D eigenvalue weighted by Crippen LogP contribution is -2.03. The minimum absolute atomic E-state index is 0.172. The molecule has 0 fully saturated rings. The Morgan fingerprint density at radius 1 is 1.10 bits per heavy atom. The zero-order valence-electron chi connectivity index (χ0n) is 12.3. The lowest BCUT2D eigenvalue weighted by molar-refractivity contribution is 0.0696. The van der Waals surface area contributed by atoms with Crippen molar-refractivity contribution in [2.45, 2.75) is 20.5 Å². The van der Waals surface area contributed by atoms with E-state index in [9.17, 15) is 4.79 Å². The Kier molecular flexibility index (Phi) is 4.48. The van der Waals surface area contributed by atoms with E-state index in [0.717, 1.165) is 16.7 Å². The normalized spacial score (nSPS) is 10.2. The summed E-state index contributed by atoms with van der Waals surface area (Å²) in [5, 5.41) is 8.98. The van der Waals surface area contributed by atoms with Crippen molar-refractivity contribution in [2.75, 3.05) is 7.11 Å². The minimum atomic E-state index is -0.991. The SMILES string of the molecule is COc1cc(C(=O)O)ccc1OCc1c(C)cccc1C. The first-order chi connectivity index (χ1) is 10.0. The summed E-state index contributed by atoms with van der Waals surface area (Å²) in [4.78, 5) is 11.0. The second kappa shape index (κ2) is 6.31. The van der Waals surface area contributed by atoms with Gasteiger partial charge in [-0.05, 0) is 48.7 Å². The maximum absolute atomic E-state index is 11.0. The predicted octanol–water partition coefficient (Wildman–Crippen LogP) is 3.59. The van der Waals surface area contributed by atoms with Crippen LogP contribution in [0.5, 0.6) is 11.5 Å². The number of carbonyl (C=O) groups is 1. The van der Waals surface area contributed by atoms with Gasteiger partial charge in [-0.3, -0.25) is 0 Å². The topological polar surface area (TPSA) is 55.8 Å². The van der Waals surface area contributed by atoms with Crippen LogP contribution in [0.25, 0.3) is 0 Å². The number of hydrogen-bond donors (Lipinski definition) is 1. The molecule has 0 aliphatic carbocycles. The van der Waals surface area contributed by atoms with Crippen molar-refractivity contribution in [1.82, 2.24) is 0 Å². The molecule has 21 heavy (non-hydrogen) atoms. The fraction of sp³-hybridized carbons (Fsp3) is 0.235. The largest absolute Gasteiger partial charge is 0.493 e. The summed E-state index contributed by atoms with van der Waals surface area (Å²) in [6.07, 6.45) is 0. The van der Waals surface area contributed by atoms with Gasteiger partial charge in [0.1, 0.15) is 6.61 Å². The van der Waals surface area contributed by atoms with E-state index in [1.807, 2.05) is 32.0 Å². The molecule has 0 saturated carbocycles. The third kappa shape index (κ3) is 3.34. The monoisotopic (exact) mass is 286 g/mol. The van der Waals surface area contributed by atoms with Gasteiger partial charge in [-0.2, -0.15) is 0 Å². The Labute approximate surface area is 123 Å². The summed E-state index contributed by atoms with van der Waals surface area (Å²) in [6.45, 7) is 4.49. The molecule has 0 aliphatic rings. The highest BCUT2D eigenvalue weighted by Gasteiger charge is 2.11. The van der Waals surface area contributed by atoms with E-state index in [1.165, 1.54) is 19.2 Å². The number of rotatable bonds is 5. The van der Waals surface area contributed by atoms with Gasteiger partial charge in [-0.25, -0.2) is 4.79 Å². The van der Waals surface area contributed by atoms with Crippen molar-refractivity contribution >= 4 is 5.97 Å². The van der Waals surface area contributed by atoms with E-state index in [2.05, 4.69) is 0 Å². The molecule has 110 valence electrons. The summed E-state index contributed by atoms with van der Waals surface area (Å²) in [5.41, 5.74) is 3.63. The molecule has 2 rings (SSSR count). The van der Waals surface area contributed by atoms with Crippen LogP contribution in [0.15, 0.2) is 36.4 Å². The minimum Gasteiger partial charge on any atom is -0.493 e. The first-order valence-corrected chi connectivity index (χ1v) is 6.62. The first kappa shape index (κ1) is 14.9. The number of aromatic carboxylic acids is 1. The molecular formula is C17H18O4. The number of hydrogen-bond acceptors (Lipinski definition) is 3. The van der Waals surface area contributed by atoms with Crippen LogP contribution < -0.4 is 9.47 Å². The summed E-state index contributed by atoms with van der Waals surface area (Å²) in [7, 11) is 1.49. The Morgan fingerprint density at radius 2 is 1.76 bits per heavy atom. The Bertz CT molecular complexity index is 642. The van der Waals surface area contributed by atoms with Crippen LogP contribution in [0.4, 0.5) is 0 Å². The predicted molar refractivity (Wildman–Crippen MR) is 80.2 cm³/mol. The van der Waals surface area contributed by atoms with Gasteiger partial charge in [0.25, 0.3) is 0 Å². The van der Waals surface area contributed by atoms with Gasteiger partial charge in [-0.15, -0.1) is 0 Å². The van der Waals surface area contributed by atoms with E-state index in [0.29, 0.717) is 18.1 Å². The highest BCUT2D eigenvalue weighted by Crippen LogP contribution is 2.29. The van der Waals surface area contributed by atoms with Gasteiger partial charge in [0.15, 0.2) is 11.5 Å². The maximum Gasteiger partial charge on any atom is 0.335 e. The van der Waals surface area contributed by atoms with Gasteiger partial charge in [0, 0.05) is 0 Å². The summed E-state index contributed by atoms with van der Waals surface area (Å²) in [5.74, 6) is -0.0408. The summed E-state index contributed by atoms with van der Waals surface area (Å²) >= 11 is 0. The first-order valence-electron chi connectivity index (χ1n) is 6.62. The fourth-order valence-corrected chi connectivity index (χ4v) is 2.15. The molecule has 0 saturated heterocycles. The molecule has 1 N–H and O–H groups in total. The third-order valence-corrected chi connectivity index (χ3v) is 3.43. The number of ether oxygens (including phenoxy) is 2. The molecule has 0 bridgehead atoms. The second-order valence-corrected chi connectivity index (χ2v) is 4.83. The molecule has 2 aromatic rings. The Balaban J connectivity index is 2.22. The van der Waals surface area contributed by atoms with Gasteiger partial charge in [0.2, 0.25) is 0 Å². The average molecular weight is 286 g/mol. The van der Waals surface area contributed by atoms with Crippen molar-refractivity contribution in [3.8, 4) is 11.5 Å². The standard InChI is InChI=1S/C17H18O4/c1-11-5-4-6-12(2)14(11)10-21-15-8-7-13(17(18)19)9-16(15)20-3/h4-9H,10H2,1-3H3,(H,18,19). The zero-order chi connectivity index (χ0) is 15.4. The third-order valence-electron chi connectivity index (χ3n) is 3.43. The van der Waals surface area contributed by atoms with Crippen LogP contribution in [0.3, 0.4) is 0 Å². The molecule has 0 unspecified atom stereocenters. The van der Waals surface area contributed by atoms with Crippen molar-refractivity contribution in [2.24, 2.45) is 0 Å². The van der Waals surface area contributed by atoms with Gasteiger partial charge < -0.3 is 14.6 Å². The highest BCUT2D eigenvalue weighted by molar-refractivity contribution is 5.88. The van der Waals surface area contributed by atoms with E-state index < -0.39 is 5.97 Å². The molecule has 0 atom stereocenters. The molecule has 0 radical (unpaired) electrons. The summed E-state index contributed by atoms with van der Waals surface area (Å²) < 4.78 is 11.0. The van der Waals surface area contributed by atoms with E-state index in [4.69, 9.17) is 14.6 Å². The van der Waals surface area contributed by atoms with Crippen molar-refractivity contribution in [3.63, 3.8) is 0 Å². The molecule has 4 heteroatoms. The highest BCUT2D eigenvalue weighted by atomic mass is 16.5. The number of carboxylic acids is 1. The molecule has 0 aliphatic heterocycles. The van der Waals surface area contributed by atoms with Crippen LogP contribution in [-0.2, 0) is 6.61 Å². The zero-order valence-corrected chi connectivity index (χ0v) is 12.3. The second-order valence-electron chi connectivity index (χ2n) is 4.83. The molecule has 0 heterocycles. The van der Waals surface area contributed by atoms with Gasteiger partial charge >= 0.3 is 5.97 Å². The van der Waals surface area contributed by atoms with Crippen LogP contribution in [0.2, 0.25) is 0 Å². The van der Waals surface area contributed by atoms with Crippen LogP contribution in [0.1, 0.15) is 27.0 Å². The smallest absolute Gasteiger partial charge is 0.335 e. The Hall–Kier alpha value is -2.49. The molecular weight excluding hydrogens is 268 g/mol. The fourth-order valence-electron chi connectivity index (χ4n) is 2.15. The molecule has 0 spiro atoms. The number of carboxylic acid groups (broad SMARTS) is 1. The molecule has 0 aromatic heterocycles. The number of methoxy groups -OCH3 is 1. The number of aryl methyl sites for hydroxylation is 2. The molecule has 2 aromatic carbocycles. The average Bonchev–Trinajstić information content (AvgIpc) is 2.46. The summed E-state index contributed by atoms with van der Waals surface area (Å²) in [6, 6.07) is 10.7. The lowest BCUT2D eigenvalue weighted by Gasteiger charge is -2.14. The quantitative estimate of drug-likeness (QED) is 0.912. The molecule has 0 amide bonds. The number of benzene rings is 2. The van der Waals surface area contributed by atoms with Crippen LogP contribution in [-0.4, -0.2) is 18.2 Å².